The van der Waals surface area contributed by atoms with Gasteiger partial charge in [-0.3, -0.25) is 14.4 Å². The van der Waals surface area contributed by atoms with Crippen molar-refractivity contribution in [3.05, 3.63) is 36.0 Å². The Hall–Kier alpha value is -3.36. The highest BCUT2D eigenvalue weighted by atomic mass is 16.5. The number of piperazine rings is 1. The number of aromatic nitrogens is 1. The van der Waals surface area contributed by atoms with Crippen molar-refractivity contribution in [2.24, 2.45) is 0 Å². The minimum absolute atomic E-state index is 0.0197. The maximum Gasteiger partial charge on any atom is 0.328 e. The van der Waals surface area contributed by atoms with Crippen LogP contribution in [-0.2, 0) is 30.3 Å². The maximum absolute atomic E-state index is 12.4. The van der Waals surface area contributed by atoms with Gasteiger partial charge in [0.15, 0.2) is 0 Å². The second-order valence-corrected chi connectivity index (χ2v) is 7.04. The molecule has 0 aliphatic carbocycles. The second kappa shape index (κ2) is 8.76. The number of para-hydroxylation sites is 1. The Labute approximate surface area is 167 Å². The van der Waals surface area contributed by atoms with Crippen LogP contribution in [-0.4, -0.2) is 53.9 Å². The van der Waals surface area contributed by atoms with Gasteiger partial charge < -0.3 is 25.7 Å². The molecule has 2 heterocycles. The van der Waals surface area contributed by atoms with Crippen molar-refractivity contribution in [2.45, 2.75) is 44.3 Å². The SMILES string of the molecule is COC(=O)[C@@H](Cc1c[nH]c2ccccc12)NC(=O)CC[C@H]1NC(=O)[C@@H](C)NC1=O. The molecule has 9 nitrogen and oxygen atoms in total. The highest BCUT2D eigenvalue weighted by molar-refractivity contribution is 5.97. The first-order valence-electron chi connectivity index (χ1n) is 9.42. The monoisotopic (exact) mass is 400 g/mol. The van der Waals surface area contributed by atoms with Crippen LogP contribution in [0.15, 0.2) is 30.5 Å². The largest absolute Gasteiger partial charge is 0.467 e. The summed E-state index contributed by atoms with van der Waals surface area (Å²) in [6.07, 6.45) is 2.18. The van der Waals surface area contributed by atoms with E-state index >= 15 is 0 Å². The summed E-state index contributed by atoms with van der Waals surface area (Å²) in [6, 6.07) is 5.44. The van der Waals surface area contributed by atoms with E-state index in [1.807, 2.05) is 24.3 Å². The third-order valence-corrected chi connectivity index (χ3v) is 4.96. The molecule has 0 bridgehead atoms. The summed E-state index contributed by atoms with van der Waals surface area (Å²) >= 11 is 0. The summed E-state index contributed by atoms with van der Waals surface area (Å²) in [7, 11) is 1.26. The highest BCUT2D eigenvalue weighted by Crippen LogP contribution is 2.19. The number of H-pyrrole nitrogens is 1. The van der Waals surface area contributed by atoms with Crippen LogP contribution in [0.4, 0.5) is 0 Å². The van der Waals surface area contributed by atoms with Crippen molar-refractivity contribution in [3.63, 3.8) is 0 Å². The molecule has 2 aromatic rings. The third kappa shape index (κ3) is 4.74. The molecule has 1 aliphatic rings. The molecule has 1 saturated heterocycles. The minimum atomic E-state index is -0.860. The Balaban J connectivity index is 1.61. The van der Waals surface area contributed by atoms with Gasteiger partial charge in [0.25, 0.3) is 0 Å². The van der Waals surface area contributed by atoms with Crippen molar-refractivity contribution in [3.8, 4) is 0 Å². The Morgan fingerprint density at radius 1 is 1.17 bits per heavy atom. The molecule has 0 saturated carbocycles. The van der Waals surface area contributed by atoms with Crippen molar-refractivity contribution in [1.29, 1.82) is 0 Å². The average Bonchev–Trinajstić information content (AvgIpc) is 3.11. The van der Waals surface area contributed by atoms with Gasteiger partial charge in [-0.05, 0) is 25.0 Å². The van der Waals surface area contributed by atoms with E-state index in [0.29, 0.717) is 0 Å². The van der Waals surface area contributed by atoms with Gasteiger partial charge in [-0.25, -0.2) is 4.79 Å². The molecule has 3 atom stereocenters. The number of benzene rings is 1. The summed E-state index contributed by atoms with van der Waals surface area (Å²) in [5.74, 6) is -1.57. The third-order valence-electron chi connectivity index (χ3n) is 4.96. The first kappa shape index (κ1) is 20.4. The van der Waals surface area contributed by atoms with Gasteiger partial charge in [-0.2, -0.15) is 0 Å². The molecule has 1 aromatic carbocycles. The van der Waals surface area contributed by atoms with Crippen LogP contribution in [0.5, 0.6) is 0 Å². The van der Waals surface area contributed by atoms with Crippen molar-refractivity contribution in [1.82, 2.24) is 20.9 Å². The number of amides is 3. The zero-order valence-corrected chi connectivity index (χ0v) is 16.3. The molecule has 154 valence electrons. The predicted molar refractivity (Wildman–Crippen MR) is 105 cm³/mol. The summed E-state index contributed by atoms with van der Waals surface area (Å²) in [5, 5.41) is 8.78. The number of rotatable bonds is 7. The molecule has 0 radical (unpaired) electrons. The van der Waals surface area contributed by atoms with Gasteiger partial charge in [-0.15, -0.1) is 0 Å². The van der Waals surface area contributed by atoms with Gasteiger partial charge in [0, 0.05) is 29.9 Å². The van der Waals surface area contributed by atoms with E-state index in [2.05, 4.69) is 20.9 Å². The van der Waals surface area contributed by atoms with Crippen molar-refractivity contribution < 1.29 is 23.9 Å². The molecule has 4 N–H and O–H groups in total. The number of esters is 1. The summed E-state index contributed by atoms with van der Waals surface area (Å²) < 4.78 is 4.83. The summed E-state index contributed by atoms with van der Waals surface area (Å²) in [5.41, 5.74) is 1.81. The molecule has 9 heteroatoms. The van der Waals surface area contributed by atoms with Gasteiger partial charge in [0.05, 0.1) is 7.11 Å². The standard InChI is InChI=1S/C20H24N4O5/c1-11-18(26)24-15(19(27)22-11)7-8-17(25)23-16(20(28)29-2)9-12-10-21-14-6-4-3-5-13(12)14/h3-6,10-11,15-16,21H,7-9H2,1-2H3,(H,22,27)(H,23,25)(H,24,26)/t11-,15-,16-/m1/s1. The van der Waals surface area contributed by atoms with E-state index in [9.17, 15) is 19.2 Å². The van der Waals surface area contributed by atoms with Crippen LogP contribution >= 0.6 is 0 Å². The van der Waals surface area contributed by atoms with E-state index in [1.54, 1.807) is 13.1 Å². The number of hydrogen-bond donors (Lipinski definition) is 4. The van der Waals surface area contributed by atoms with E-state index < -0.39 is 30.0 Å². The van der Waals surface area contributed by atoms with Crippen LogP contribution in [0.3, 0.4) is 0 Å². The lowest BCUT2D eigenvalue weighted by Gasteiger charge is -2.27. The number of aromatic amines is 1. The maximum atomic E-state index is 12.4. The zero-order valence-electron chi connectivity index (χ0n) is 16.3. The number of carbonyl (C=O) groups is 4. The van der Waals surface area contributed by atoms with Gasteiger partial charge >= 0.3 is 5.97 Å². The van der Waals surface area contributed by atoms with Crippen LogP contribution < -0.4 is 16.0 Å². The molecule has 29 heavy (non-hydrogen) atoms. The number of hydrogen-bond acceptors (Lipinski definition) is 5. The Kier molecular flexibility index (Phi) is 6.16. The average molecular weight is 400 g/mol. The lowest BCUT2D eigenvalue weighted by molar-refractivity contribution is -0.145. The van der Waals surface area contributed by atoms with Crippen LogP contribution in [0.1, 0.15) is 25.3 Å². The van der Waals surface area contributed by atoms with Gasteiger partial charge in [0.2, 0.25) is 17.7 Å². The number of nitrogens with one attached hydrogen (secondary N) is 4. The highest BCUT2D eigenvalue weighted by Gasteiger charge is 2.31. The summed E-state index contributed by atoms with van der Waals surface area (Å²) in [6.45, 7) is 1.59. The number of methoxy groups -OCH3 is 1. The Bertz CT molecular complexity index is 938. The molecule has 3 rings (SSSR count). The molecule has 1 aliphatic heterocycles. The summed E-state index contributed by atoms with van der Waals surface area (Å²) in [4.78, 5) is 51.3. The first-order chi connectivity index (χ1) is 13.9. The molecule has 1 fully saturated rings. The van der Waals surface area contributed by atoms with E-state index in [0.717, 1.165) is 16.5 Å². The van der Waals surface area contributed by atoms with E-state index in [4.69, 9.17) is 4.74 Å². The number of carbonyl (C=O) groups excluding carboxylic acids is 4. The smallest absolute Gasteiger partial charge is 0.328 e. The lowest BCUT2D eigenvalue weighted by atomic mass is 10.0. The predicted octanol–water partition coefficient (Wildman–Crippen LogP) is 0.152. The van der Waals surface area contributed by atoms with Gasteiger partial charge in [0.1, 0.15) is 18.1 Å². The lowest BCUT2D eigenvalue weighted by Crippen LogP contribution is -2.60. The zero-order chi connectivity index (χ0) is 21.0. The Morgan fingerprint density at radius 3 is 2.69 bits per heavy atom. The molecule has 1 aromatic heterocycles. The molecular weight excluding hydrogens is 376 g/mol. The number of fused-ring (bicyclic) bond motifs is 1. The number of ether oxygens (including phenoxy) is 1. The van der Waals surface area contributed by atoms with Crippen LogP contribution in [0, 0.1) is 0 Å². The normalized spacial score (nSPS) is 19.9. The van der Waals surface area contributed by atoms with E-state index in [1.165, 1.54) is 7.11 Å². The molecular formula is C20H24N4O5. The van der Waals surface area contributed by atoms with Crippen molar-refractivity contribution >= 4 is 34.6 Å². The minimum Gasteiger partial charge on any atom is -0.467 e. The van der Waals surface area contributed by atoms with E-state index in [-0.39, 0.29) is 31.1 Å². The van der Waals surface area contributed by atoms with Gasteiger partial charge in [-0.1, -0.05) is 18.2 Å². The first-order valence-corrected chi connectivity index (χ1v) is 9.42. The fraction of sp³-hybridized carbons (Fsp3) is 0.400. The Morgan fingerprint density at radius 2 is 1.93 bits per heavy atom. The topological polar surface area (TPSA) is 129 Å². The molecule has 3 amide bonds. The fourth-order valence-electron chi connectivity index (χ4n) is 3.34. The van der Waals surface area contributed by atoms with Crippen molar-refractivity contribution in [2.75, 3.05) is 7.11 Å². The second-order valence-electron chi connectivity index (χ2n) is 7.04. The molecule has 0 unspecified atom stereocenters. The quantitative estimate of drug-likeness (QED) is 0.492. The van der Waals surface area contributed by atoms with Crippen LogP contribution in [0.2, 0.25) is 0 Å². The van der Waals surface area contributed by atoms with Crippen LogP contribution in [0.25, 0.3) is 10.9 Å². The fourth-order valence-corrected chi connectivity index (χ4v) is 3.34. The molecule has 0 spiro atoms.